The van der Waals surface area contributed by atoms with Gasteiger partial charge in [-0.3, -0.25) is 9.59 Å². The maximum atomic E-state index is 11.9. The molecule has 0 aromatic heterocycles. The number of rotatable bonds is 0. The van der Waals surface area contributed by atoms with E-state index in [2.05, 4.69) is 0 Å². The van der Waals surface area contributed by atoms with E-state index < -0.39 is 11.5 Å². The van der Waals surface area contributed by atoms with Gasteiger partial charge in [-0.2, -0.15) is 0 Å². The van der Waals surface area contributed by atoms with Crippen molar-refractivity contribution in [3.8, 4) is 0 Å². The molecule has 1 saturated carbocycles. The van der Waals surface area contributed by atoms with Gasteiger partial charge in [0, 0.05) is 17.3 Å². The van der Waals surface area contributed by atoms with Crippen molar-refractivity contribution in [3.05, 3.63) is 11.6 Å². The molecule has 2 fully saturated rings. The van der Waals surface area contributed by atoms with E-state index in [0.717, 1.165) is 18.4 Å². The highest BCUT2D eigenvalue weighted by Crippen LogP contribution is 2.55. The van der Waals surface area contributed by atoms with E-state index in [-0.39, 0.29) is 35.6 Å². The van der Waals surface area contributed by atoms with E-state index in [1.54, 1.807) is 0 Å². The van der Waals surface area contributed by atoms with E-state index in [1.807, 2.05) is 20.8 Å². The standard InChI is InChI=1S/C15H20O4/c1-7-6-10(16)13(17)15(3)5-4-9-8(2)14(18)19-12(9)11(7)15/h6,8-9,11-13,17H,4-5H2,1-3H3/t8-,9-,11+,12-,13+,15+/m0/s1. The summed E-state index contributed by atoms with van der Waals surface area (Å²) in [7, 11) is 0. The van der Waals surface area contributed by atoms with Gasteiger partial charge in [-0.05, 0) is 25.8 Å². The first-order chi connectivity index (χ1) is 8.86. The summed E-state index contributed by atoms with van der Waals surface area (Å²) in [5.41, 5.74) is 0.441. The molecular weight excluding hydrogens is 244 g/mol. The lowest BCUT2D eigenvalue weighted by molar-refractivity contribution is -0.154. The Balaban J connectivity index is 2.05. The average molecular weight is 264 g/mol. The van der Waals surface area contributed by atoms with Crippen molar-refractivity contribution >= 4 is 11.8 Å². The van der Waals surface area contributed by atoms with Gasteiger partial charge in [-0.15, -0.1) is 0 Å². The van der Waals surface area contributed by atoms with Gasteiger partial charge in [0.05, 0.1) is 5.92 Å². The van der Waals surface area contributed by atoms with Crippen LogP contribution in [0.4, 0.5) is 0 Å². The molecular formula is C15H20O4. The second-order valence-corrected chi connectivity index (χ2v) is 6.57. The lowest BCUT2D eigenvalue weighted by atomic mass is 9.55. The van der Waals surface area contributed by atoms with Crippen molar-refractivity contribution in [1.82, 2.24) is 0 Å². The molecule has 0 spiro atoms. The number of carbonyl (C=O) groups is 2. The summed E-state index contributed by atoms with van der Waals surface area (Å²) in [4.78, 5) is 23.7. The minimum atomic E-state index is -0.975. The summed E-state index contributed by atoms with van der Waals surface area (Å²) in [6, 6.07) is 0. The first kappa shape index (κ1) is 12.9. The van der Waals surface area contributed by atoms with Crippen LogP contribution in [-0.2, 0) is 14.3 Å². The van der Waals surface area contributed by atoms with Crippen LogP contribution in [0, 0.1) is 23.2 Å². The summed E-state index contributed by atoms with van der Waals surface area (Å²) >= 11 is 0. The van der Waals surface area contributed by atoms with Gasteiger partial charge in [0.15, 0.2) is 5.78 Å². The third kappa shape index (κ3) is 1.55. The molecule has 3 aliphatic rings. The smallest absolute Gasteiger partial charge is 0.309 e. The lowest BCUT2D eigenvalue weighted by Crippen LogP contribution is -2.55. The SMILES string of the molecule is CC1=CC(=O)[C@@H](O)[C@]2(C)CC[C@@H]3[C@H](OC(=O)[C@H]3C)[C@@H]12. The first-order valence-electron chi connectivity index (χ1n) is 6.97. The summed E-state index contributed by atoms with van der Waals surface area (Å²) in [5, 5.41) is 10.3. The molecule has 1 heterocycles. The van der Waals surface area contributed by atoms with Crippen molar-refractivity contribution < 1.29 is 19.4 Å². The highest BCUT2D eigenvalue weighted by Gasteiger charge is 2.59. The monoisotopic (exact) mass is 264 g/mol. The van der Waals surface area contributed by atoms with Crippen molar-refractivity contribution in [1.29, 1.82) is 0 Å². The van der Waals surface area contributed by atoms with Crippen molar-refractivity contribution in [2.24, 2.45) is 23.2 Å². The Labute approximate surface area is 112 Å². The molecule has 104 valence electrons. The fraction of sp³-hybridized carbons (Fsp3) is 0.733. The molecule has 0 aromatic rings. The van der Waals surface area contributed by atoms with Gasteiger partial charge in [-0.25, -0.2) is 0 Å². The van der Waals surface area contributed by atoms with Crippen molar-refractivity contribution in [3.63, 3.8) is 0 Å². The number of esters is 1. The molecule has 19 heavy (non-hydrogen) atoms. The predicted octanol–water partition coefficient (Wildman–Crippen LogP) is 1.47. The molecule has 0 bridgehead atoms. The highest BCUT2D eigenvalue weighted by molar-refractivity contribution is 5.96. The molecule has 6 atom stereocenters. The van der Waals surface area contributed by atoms with Crippen LogP contribution >= 0.6 is 0 Å². The molecule has 0 aromatic carbocycles. The number of aliphatic hydroxyl groups excluding tert-OH is 1. The van der Waals surface area contributed by atoms with Gasteiger partial charge in [0.2, 0.25) is 0 Å². The Morgan fingerprint density at radius 1 is 1.42 bits per heavy atom. The number of ketones is 1. The Morgan fingerprint density at radius 3 is 2.79 bits per heavy atom. The average Bonchev–Trinajstić information content (AvgIpc) is 2.62. The molecule has 1 saturated heterocycles. The zero-order valence-electron chi connectivity index (χ0n) is 11.6. The maximum Gasteiger partial charge on any atom is 0.309 e. The third-order valence-electron chi connectivity index (χ3n) is 5.50. The number of carbonyl (C=O) groups excluding carboxylic acids is 2. The fourth-order valence-electron chi connectivity index (χ4n) is 4.33. The van der Waals surface area contributed by atoms with Crippen molar-refractivity contribution in [2.45, 2.75) is 45.8 Å². The minimum absolute atomic E-state index is 0.0344. The van der Waals surface area contributed by atoms with Crippen LogP contribution in [0.1, 0.15) is 33.6 Å². The highest BCUT2D eigenvalue weighted by atomic mass is 16.6. The van der Waals surface area contributed by atoms with E-state index in [1.165, 1.54) is 6.08 Å². The van der Waals surface area contributed by atoms with E-state index in [4.69, 9.17) is 4.74 Å². The molecule has 4 nitrogen and oxygen atoms in total. The van der Waals surface area contributed by atoms with E-state index in [9.17, 15) is 14.7 Å². The quantitative estimate of drug-likeness (QED) is 0.673. The summed E-state index contributed by atoms with van der Waals surface area (Å²) < 4.78 is 5.56. The van der Waals surface area contributed by atoms with Gasteiger partial charge >= 0.3 is 5.97 Å². The van der Waals surface area contributed by atoms with Gasteiger partial charge < -0.3 is 9.84 Å². The zero-order chi connectivity index (χ0) is 13.9. The molecule has 0 radical (unpaired) electrons. The molecule has 3 rings (SSSR count). The number of hydrogen-bond donors (Lipinski definition) is 1. The van der Waals surface area contributed by atoms with Crippen LogP contribution in [0.2, 0.25) is 0 Å². The number of aliphatic hydroxyl groups is 1. The van der Waals surface area contributed by atoms with E-state index >= 15 is 0 Å². The Hall–Kier alpha value is -1.16. The lowest BCUT2D eigenvalue weighted by Gasteiger charge is -2.50. The van der Waals surface area contributed by atoms with Gasteiger partial charge in [0.25, 0.3) is 0 Å². The van der Waals surface area contributed by atoms with Crippen LogP contribution < -0.4 is 0 Å². The minimum Gasteiger partial charge on any atom is -0.461 e. The largest absolute Gasteiger partial charge is 0.461 e. The maximum absolute atomic E-state index is 11.9. The molecule has 0 amide bonds. The van der Waals surface area contributed by atoms with Gasteiger partial charge in [-0.1, -0.05) is 19.4 Å². The molecule has 1 N–H and O–H groups in total. The van der Waals surface area contributed by atoms with E-state index in [0.29, 0.717) is 0 Å². The topological polar surface area (TPSA) is 63.6 Å². The number of ether oxygens (including phenoxy) is 1. The van der Waals surface area contributed by atoms with Crippen LogP contribution in [0.25, 0.3) is 0 Å². The second kappa shape index (κ2) is 3.92. The Morgan fingerprint density at radius 2 is 2.11 bits per heavy atom. The first-order valence-corrected chi connectivity index (χ1v) is 6.97. The predicted molar refractivity (Wildman–Crippen MR) is 68.1 cm³/mol. The fourth-order valence-corrected chi connectivity index (χ4v) is 4.33. The van der Waals surface area contributed by atoms with Crippen LogP contribution in [0.3, 0.4) is 0 Å². The third-order valence-corrected chi connectivity index (χ3v) is 5.50. The molecule has 0 unspecified atom stereocenters. The summed E-state index contributed by atoms with van der Waals surface area (Å²) in [6.07, 6.45) is 1.97. The van der Waals surface area contributed by atoms with Gasteiger partial charge in [0.1, 0.15) is 12.2 Å². The molecule has 2 aliphatic carbocycles. The van der Waals surface area contributed by atoms with Crippen LogP contribution in [-0.4, -0.2) is 29.1 Å². The zero-order valence-corrected chi connectivity index (χ0v) is 11.6. The number of fused-ring (bicyclic) bond motifs is 3. The number of hydrogen-bond acceptors (Lipinski definition) is 4. The summed E-state index contributed by atoms with van der Waals surface area (Å²) in [6.45, 7) is 5.77. The normalized spacial score (nSPS) is 49.3. The van der Waals surface area contributed by atoms with Crippen LogP contribution in [0.5, 0.6) is 0 Å². The van der Waals surface area contributed by atoms with Crippen LogP contribution in [0.15, 0.2) is 11.6 Å². The Kier molecular flexibility index (Phi) is 2.65. The van der Waals surface area contributed by atoms with Crippen molar-refractivity contribution in [2.75, 3.05) is 0 Å². The second-order valence-electron chi connectivity index (χ2n) is 6.57. The molecule has 1 aliphatic heterocycles. The molecule has 4 heteroatoms. The Bertz CT molecular complexity index is 481. The summed E-state index contributed by atoms with van der Waals surface area (Å²) in [5.74, 6) is -0.246.